The summed E-state index contributed by atoms with van der Waals surface area (Å²) < 4.78 is 10.8. The number of halogens is 1. The number of hydrogen-bond acceptors (Lipinski definition) is 3. The average molecular weight is 273 g/mol. The highest BCUT2D eigenvalue weighted by Crippen LogP contribution is 2.28. The molecule has 2 heterocycles. The fourth-order valence-corrected chi connectivity index (χ4v) is 2.17. The number of thiophene rings is 1. The molecule has 2 nitrogen and oxygen atoms in total. The quantitative estimate of drug-likeness (QED) is 0.578. The maximum atomic E-state index is 5.39. The summed E-state index contributed by atoms with van der Waals surface area (Å²) in [5, 5.41) is 2.73. The van der Waals surface area contributed by atoms with Gasteiger partial charge in [-0.15, -0.1) is 11.3 Å². The van der Waals surface area contributed by atoms with Crippen LogP contribution in [0.15, 0.2) is 11.4 Å². The molecule has 0 atom stereocenters. The Morgan fingerprint density at radius 3 is 3.00 bits per heavy atom. The van der Waals surface area contributed by atoms with Gasteiger partial charge in [-0.25, -0.2) is 0 Å². The molecule has 1 aliphatic heterocycles. The SMILES string of the molecule is BrCC#Cc1csc(C2OCCO2)c1. The van der Waals surface area contributed by atoms with Crippen molar-refractivity contribution in [2.24, 2.45) is 0 Å². The lowest BCUT2D eigenvalue weighted by Crippen LogP contribution is -1.93. The van der Waals surface area contributed by atoms with Gasteiger partial charge in [-0.2, -0.15) is 0 Å². The van der Waals surface area contributed by atoms with Gasteiger partial charge < -0.3 is 9.47 Å². The molecule has 0 radical (unpaired) electrons. The van der Waals surface area contributed by atoms with Crippen molar-refractivity contribution < 1.29 is 9.47 Å². The fraction of sp³-hybridized carbons (Fsp3) is 0.400. The Hall–Kier alpha value is -0.340. The van der Waals surface area contributed by atoms with Gasteiger partial charge in [-0.3, -0.25) is 0 Å². The molecule has 0 amide bonds. The molecule has 1 saturated heterocycles. The normalized spacial score (nSPS) is 16.6. The van der Waals surface area contributed by atoms with Gasteiger partial charge in [0, 0.05) is 10.9 Å². The zero-order valence-electron chi connectivity index (χ0n) is 7.46. The molecule has 74 valence electrons. The first-order chi connectivity index (χ1) is 6.90. The Morgan fingerprint density at radius 2 is 2.29 bits per heavy atom. The van der Waals surface area contributed by atoms with Crippen LogP contribution in [0.5, 0.6) is 0 Å². The smallest absolute Gasteiger partial charge is 0.193 e. The molecule has 0 unspecified atom stereocenters. The van der Waals surface area contributed by atoms with E-state index < -0.39 is 0 Å². The minimum atomic E-state index is -0.167. The molecule has 0 bridgehead atoms. The first kappa shape index (κ1) is 10.2. The van der Waals surface area contributed by atoms with Gasteiger partial charge >= 0.3 is 0 Å². The van der Waals surface area contributed by atoms with Gasteiger partial charge in [0.1, 0.15) is 0 Å². The highest BCUT2D eigenvalue weighted by atomic mass is 79.9. The summed E-state index contributed by atoms with van der Waals surface area (Å²) in [5.74, 6) is 6.00. The zero-order valence-corrected chi connectivity index (χ0v) is 9.86. The van der Waals surface area contributed by atoms with Gasteiger partial charge in [-0.1, -0.05) is 27.8 Å². The second-order valence-electron chi connectivity index (χ2n) is 2.75. The number of rotatable bonds is 1. The van der Waals surface area contributed by atoms with Gasteiger partial charge in [0.2, 0.25) is 0 Å². The van der Waals surface area contributed by atoms with Gasteiger partial charge in [0.15, 0.2) is 6.29 Å². The van der Waals surface area contributed by atoms with Crippen molar-refractivity contribution in [2.75, 3.05) is 18.5 Å². The summed E-state index contributed by atoms with van der Waals surface area (Å²) >= 11 is 4.89. The van der Waals surface area contributed by atoms with Crippen LogP contribution in [0.2, 0.25) is 0 Å². The molecule has 1 aromatic heterocycles. The number of hydrogen-bond donors (Lipinski definition) is 0. The molecule has 1 aliphatic rings. The van der Waals surface area contributed by atoms with E-state index in [2.05, 4.69) is 27.8 Å². The summed E-state index contributed by atoms with van der Waals surface area (Å²) in [4.78, 5) is 1.10. The van der Waals surface area contributed by atoms with Crippen LogP contribution >= 0.6 is 27.3 Å². The first-order valence-corrected chi connectivity index (χ1v) is 6.27. The molecule has 1 aromatic rings. The average Bonchev–Trinajstić information content (AvgIpc) is 2.85. The van der Waals surface area contributed by atoms with E-state index in [9.17, 15) is 0 Å². The minimum Gasteiger partial charge on any atom is -0.345 e. The van der Waals surface area contributed by atoms with E-state index >= 15 is 0 Å². The second-order valence-corrected chi connectivity index (χ2v) is 4.25. The van der Waals surface area contributed by atoms with Crippen LogP contribution in [-0.4, -0.2) is 18.5 Å². The summed E-state index contributed by atoms with van der Waals surface area (Å²) in [6.07, 6.45) is -0.167. The third-order valence-electron chi connectivity index (χ3n) is 1.77. The Labute approximate surface area is 95.3 Å². The number of ether oxygens (including phenoxy) is 2. The van der Waals surface area contributed by atoms with Crippen molar-refractivity contribution in [3.8, 4) is 11.8 Å². The van der Waals surface area contributed by atoms with Crippen molar-refractivity contribution in [1.82, 2.24) is 0 Å². The van der Waals surface area contributed by atoms with Crippen LogP contribution in [0.25, 0.3) is 0 Å². The molecule has 0 aliphatic carbocycles. The van der Waals surface area contributed by atoms with Crippen LogP contribution in [0.3, 0.4) is 0 Å². The molecule has 0 aromatic carbocycles. The van der Waals surface area contributed by atoms with Gasteiger partial charge in [0.25, 0.3) is 0 Å². The Kier molecular flexibility index (Phi) is 3.60. The van der Waals surface area contributed by atoms with Crippen LogP contribution in [0, 0.1) is 11.8 Å². The fourth-order valence-electron chi connectivity index (χ4n) is 1.20. The predicted molar refractivity (Wildman–Crippen MR) is 59.6 cm³/mol. The molecule has 4 heteroatoms. The van der Waals surface area contributed by atoms with E-state index in [4.69, 9.17) is 9.47 Å². The van der Waals surface area contributed by atoms with Crippen molar-refractivity contribution in [2.45, 2.75) is 6.29 Å². The molecule has 0 N–H and O–H groups in total. The Balaban J connectivity index is 2.08. The summed E-state index contributed by atoms with van der Waals surface area (Å²) in [6, 6.07) is 2.02. The predicted octanol–water partition coefficient (Wildman–Crippen LogP) is 2.54. The molecular weight excluding hydrogens is 264 g/mol. The Morgan fingerprint density at radius 1 is 1.50 bits per heavy atom. The molecule has 1 fully saturated rings. The lowest BCUT2D eigenvalue weighted by molar-refractivity contribution is -0.0413. The van der Waals surface area contributed by atoms with E-state index in [1.807, 2.05) is 11.4 Å². The maximum Gasteiger partial charge on any atom is 0.193 e. The van der Waals surface area contributed by atoms with E-state index in [1.165, 1.54) is 0 Å². The van der Waals surface area contributed by atoms with Crippen LogP contribution in [-0.2, 0) is 9.47 Å². The summed E-state index contributed by atoms with van der Waals surface area (Å²) in [7, 11) is 0. The minimum absolute atomic E-state index is 0.167. The van der Waals surface area contributed by atoms with E-state index in [-0.39, 0.29) is 6.29 Å². The van der Waals surface area contributed by atoms with Crippen LogP contribution in [0.1, 0.15) is 16.7 Å². The van der Waals surface area contributed by atoms with Crippen LogP contribution < -0.4 is 0 Å². The summed E-state index contributed by atoms with van der Waals surface area (Å²) in [6.45, 7) is 1.37. The second kappa shape index (κ2) is 4.94. The Bertz CT molecular complexity index is 358. The highest BCUT2D eigenvalue weighted by Gasteiger charge is 2.19. The number of alkyl halides is 1. The zero-order chi connectivity index (χ0) is 9.80. The maximum absolute atomic E-state index is 5.39. The first-order valence-electron chi connectivity index (χ1n) is 4.26. The summed E-state index contributed by atoms with van der Waals surface area (Å²) in [5.41, 5.74) is 1.03. The van der Waals surface area contributed by atoms with Crippen molar-refractivity contribution in [1.29, 1.82) is 0 Å². The van der Waals surface area contributed by atoms with Gasteiger partial charge in [-0.05, 0) is 6.07 Å². The van der Waals surface area contributed by atoms with Crippen molar-refractivity contribution in [3.05, 3.63) is 21.9 Å². The largest absolute Gasteiger partial charge is 0.345 e. The third kappa shape index (κ3) is 2.37. The topological polar surface area (TPSA) is 18.5 Å². The molecule has 14 heavy (non-hydrogen) atoms. The highest BCUT2D eigenvalue weighted by molar-refractivity contribution is 9.09. The lowest BCUT2D eigenvalue weighted by atomic mass is 10.3. The lowest BCUT2D eigenvalue weighted by Gasteiger charge is -2.03. The van der Waals surface area contributed by atoms with Crippen LogP contribution in [0.4, 0.5) is 0 Å². The monoisotopic (exact) mass is 272 g/mol. The van der Waals surface area contributed by atoms with E-state index in [0.717, 1.165) is 10.4 Å². The standard InChI is InChI=1S/C10H9BrO2S/c11-3-1-2-8-6-9(14-7-8)10-12-4-5-13-10/h6-7,10H,3-5H2. The third-order valence-corrected chi connectivity index (χ3v) is 3.01. The molecule has 0 saturated carbocycles. The van der Waals surface area contributed by atoms with Crippen molar-refractivity contribution >= 4 is 27.3 Å². The molecule has 2 rings (SSSR count). The molecule has 0 spiro atoms. The van der Waals surface area contributed by atoms with Gasteiger partial charge in [0.05, 0.1) is 23.4 Å². The van der Waals surface area contributed by atoms with E-state index in [1.54, 1.807) is 11.3 Å². The van der Waals surface area contributed by atoms with E-state index in [0.29, 0.717) is 18.5 Å². The molecular formula is C10H9BrO2S. The van der Waals surface area contributed by atoms with Crippen molar-refractivity contribution in [3.63, 3.8) is 0 Å².